The molecule has 17 heavy (non-hydrogen) atoms. The summed E-state index contributed by atoms with van der Waals surface area (Å²) in [7, 11) is 2.01. The van der Waals surface area contributed by atoms with Gasteiger partial charge >= 0.3 is 5.97 Å². The van der Waals surface area contributed by atoms with E-state index in [1.165, 1.54) is 0 Å². The Bertz CT molecular complexity index is 388. The van der Waals surface area contributed by atoms with Gasteiger partial charge in [0.1, 0.15) is 0 Å². The highest BCUT2D eigenvalue weighted by atomic mass is 16.4. The van der Waals surface area contributed by atoms with Crippen molar-refractivity contribution in [3.63, 3.8) is 0 Å². The Kier molecular flexibility index (Phi) is 4.55. The van der Waals surface area contributed by atoms with Crippen LogP contribution >= 0.6 is 0 Å². The Labute approximate surface area is 103 Å². The number of anilines is 1. The number of hydrogen-bond acceptors (Lipinski definition) is 2. The summed E-state index contributed by atoms with van der Waals surface area (Å²) in [5.74, 6) is -0.244. The van der Waals surface area contributed by atoms with Gasteiger partial charge in [0, 0.05) is 18.8 Å². The Hall–Kier alpha value is -1.51. The van der Waals surface area contributed by atoms with Crippen LogP contribution < -0.4 is 4.90 Å². The van der Waals surface area contributed by atoms with Crippen LogP contribution in [0.15, 0.2) is 24.3 Å². The Morgan fingerprint density at radius 1 is 1.35 bits per heavy atom. The van der Waals surface area contributed by atoms with Crippen LogP contribution in [-0.4, -0.2) is 24.2 Å². The van der Waals surface area contributed by atoms with Crippen molar-refractivity contribution in [3.8, 4) is 0 Å². The molecule has 1 N–H and O–H groups in total. The lowest BCUT2D eigenvalue weighted by molar-refractivity contribution is 0.0697. The summed E-state index contributed by atoms with van der Waals surface area (Å²) in [5, 5.41) is 8.96. The molecule has 0 heterocycles. The van der Waals surface area contributed by atoms with Crippen LogP contribution in [0.5, 0.6) is 0 Å². The number of rotatable bonds is 5. The van der Waals surface area contributed by atoms with Crippen molar-refractivity contribution in [3.05, 3.63) is 29.8 Å². The van der Waals surface area contributed by atoms with Crippen molar-refractivity contribution in [1.29, 1.82) is 0 Å². The molecule has 1 atom stereocenters. The molecule has 0 bridgehead atoms. The predicted octanol–water partition coefficient (Wildman–Crippen LogP) is 3.26. The third-order valence-corrected chi connectivity index (χ3v) is 2.97. The van der Waals surface area contributed by atoms with Crippen molar-refractivity contribution in [1.82, 2.24) is 0 Å². The molecule has 3 heteroatoms. The van der Waals surface area contributed by atoms with Gasteiger partial charge in [-0.15, -0.1) is 0 Å². The zero-order valence-electron chi connectivity index (χ0n) is 11.0. The van der Waals surface area contributed by atoms with E-state index in [0.717, 1.165) is 12.1 Å². The van der Waals surface area contributed by atoms with Gasteiger partial charge in [-0.05, 0) is 37.5 Å². The van der Waals surface area contributed by atoms with Crippen LogP contribution in [0.3, 0.4) is 0 Å². The van der Waals surface area contributed by atoms with Crippen LogP contribution in [0.25, 0.3) is 0 Å². The average molecular weight is 235 g/mol. The molecule has 1 aromatic carbocycles. The van der Waals surface area contributed by atoms with E-state index < -0.39 is 5.97 Å². The molecule has 0 saturated heterocycles. The SMILES string of the molecule is CC(C)CC(C)N(C)c1cccc(C(=O)O)c1. The van der Waals surface area contributed by atoms with Gasteiger partial charge in [-0.3, -0.25) is 0 Å². The predicted molar refractivity (Wildman–Crippen MR) is 70.7 cm³/mol. The fourth-order valence-electron chi connectivity index (χ4n) is 1.95. The first-order chi connectivity index (χ1) is 7.91. The second-order valence-electron chi connectivity index (χ2n) is 4.94. The average Bonchev–Trinajstić information content (AvgIpc) is 2.27. The molecule has 0 aliphatic rings. The van der Waals surface area contributed by atoms with Crippen molar-refractivity contribution in [2.75, 3.05) is 11.9 Å². The first-order valence-electron chi connectivity index (χ1n) is 5.98. The molecule has 0 saturated carbocycles. The summed E-state index contributed by atoms with van der Waals surface area (Å²) >= 11 is 0. The highest BCUT2D eigenvalue weighted by molar-refractivity contribution is 5.88. The summed E-state index contributed by atoms with van der Waals surface area (Å²) < 4.78 is 0. The lowest BCUT2D eigenvalue weighted by atomic mass is 10.0. The molecular formula is C14H21NO2. The van der Waals surface area contributed by atoms with Crippen LogP contribution in [-0.2, 0) is 0 Å². The Morgan fingerprint density at radius 2 is 2.00 bits per heavy atom. The van der Waals surface area contributed by atoms with Gasteiger partial charge in [0.05, 0.1) is 5.56 Å². The second kappa shape index (κ2) is 5.71. The molecule has 0 spiro atoms. The molecule has 1 rings (SSSR count). The van der Waals surface area contributed by atoms with E-state index in [0.29, 0.717) is 17.5 Å². The van der Waals surface area contributed by atoms with Crippen LogP contribution in [0, 0.1) is 5.92 Å². The quantitative estimate of drug-likeness (QED) is 0.851. The lowest BCUT2D eigenvalue weighted by Gasteiger charge is -2.28. The first-order valence-corrected chi connectivity index (χ1v) is 5.98. The number of aromatic carboxylic acids is 1. The number of carbonyl (C=O) groups is 1. The van der Waals surface area contributed by atoms with E-state index >= 15 is 0 Å². The molecule has 1 unspecified atom stereocenters. The smallest absolute Gasteiger partial charge is 0.335 e. The molecule has 0 aliphatic heterocycles. The summed E-state index contributed by atoms with van der Waals surface area (Å²) in [5.41, 5.74) is 1.30. The fourth-order valence-corrected chi connectivity index (χ4v) is 1.95. The maximum absolute atomic E-state index is 10.9. The van der Waals surface area contributed by atoms with E-state index in [1.807, 2.05) is 13.1 Å². The van der Waals surface area contributed by atoms with Gasteiger partial charge in [0.2, 0.25) is 0 Å². The molecule has 0 aromatic heterocycles. The van der Waals surface area contributed by atoms with Crippen molar-refractivity contribution < 1.29 is 9.90 Å². The van der Waals surface area contributed by atoms with Crippen LogP contribution in [0.1, 0.15) is 37.6 Å². The van der Waals surface area contributed by atoms with Gasteiger partial charge in [0.15, 0.2) is 0 Å². The third-order valence-electron chi connectivity index (χ3n) is 2.97. The van der Waals surface area contributed by atoms with E-state index in [-0.39, 0.29) is 0 Å². The van der Waals surface area contributed by atoms with Gasteiger partial charge in [-0.1, -0.05) is 19.9 Å². The highest BCUT2D eigenvalue weighted by Crippen LogP contribution is 2.20. The monoisotopic (exact) mass is 235 g/mol. The van der Waals surface area contributed by atoms with Gasteiger partial charge in [-0.25, -0.2) is 4.79 Å². The van der Waals surface area contributed by atoms with E-state index in [4.69, 9.17) is 5.11 Å². The molecule has 1 aromatic rings. The topological polar surface area (TPSA) is 40.5 Å². The van der Waals surface area contributed by atoms with Gasteiger partial charge in [-0.2, -0.15) is 0 Å². The number of benzene rings is 1. The minimum absolute atomic E-state index is 0.339. The lowest BCUT2D eigenvalue weighted by Crippen LogP contribution is -2.30. The normalized spacial score (nSPS) is 12.5. The first kappa shape index (κ1) is 13.6. The number of nitrogens with zero attached hydrogens (tertiary/aromatic N) is 1. The van der Waals surface area contributed by atoms with E-state index in [2.05, 4.69) is 25.7 Å². The van der Waals surface area contributed by atoms with Crippen LogP contribution in [0.4, 0.5) is 5.69 Å². The third kappa shape index (κ3) is 3.77. The zero-order chi connectivity index (χ0) is 13.0. The van der Waals surface area contributed by atoms with Gasteiger partial charge in [0.25, 0.3) is 0 Å². The minimum atomic E-state index is -0.878. The molecule has 0 radical (unpaired) electrons. The zero-order valence-corrected chi connectivity index (χ0v) is 11.0. The maximum atomic E-state index is 10.9. The molecule has 94 valence electrons. The number of hydrogen-bond donors (Lipinski definition) is 1. The Balaban J connectivity index is 2.84. The molecule has 0 fully saturated rings. The molecule has 0 aliphatic carbocycles. The summed E-state index contributed by atoms with van der Waals surface area (Å²) in [6, 6.07) is 7.48. The number of carboxylic acids is 1. The summed E-state index contributed by atoms with van der Waals surface area (Å²) in [6.45, 7) is 6.55. The minimum Gasteiger partial charge on any atom is -0.478 e. The highest BCUT2D eigenvalue weighted by Gasteiger charge is 2.13. The van der Waals surface area contributed by atoms with Crippen LogP contribution in [0.2, 0.25) is 0 Å². The van der Waals surface area contributed by atoms with Crippen molar-refractivity contribution >= 4 is 11.7 Å². The maximum Gasteiger partial charge on any atom is 0.335 e. The van der Waals surface area contributed by atoms with Crippen molar-refractivity contribution in [2.45, 2.75) is 33.2 Å². The molecule has 3 nitrogen and oxygen atoms in total. The molecular weight excluding hydrogens is 214 g/mol. The fraction of sp³-hybridized carbons (Fsp3) is 0.500. The largest absolute Gasteiger partial charge is 0.478 e. The van der Waals surface area contributed by atoms with Gasteiger partial charge < -0.3 is 10.0 Å². The van der Waals surface area contributed by atoms with Crippen molar-refractivity contribution in [2.24, 2.45) is 5.92 Å². The second-order valence-corrected chi connectivity index (χ2v) is 4.94. The number of carboxylic acid groups (broad SMARTS) is 1. The van der Waals surface area contributed by atoms with E-state index in [1.54, 1.807) is 18.2 Å². The van der Waals surface area contributed by atoms with E-state index in [9.17, 15) is 4.79 Å². The standard InChI is InChI=1S/C14H21NO2/c1-10(2)8-11(3)15(4)13-7-5-6-12(9-13)14(16)17/h5-7,9-11H,8H2,1-4H3,(H,16,17). The summed E-state index contributed by atoms with van der Waals surface area (Å²) in [4.78, 5) is 13.0. The molecule has 0 amide bonds. The summed E-state index contributed by atoms with van der Waals surface area (Å²) in [6.07, 6.45) is 1.09. The Morgan fingerprint density at radius 3 is 2.53 bits per heavy atom.